The number of amides is 1. The van der Waals surface area contributed by atoms with E-state index in [1.807, 2.05) is 0 Å². The van der Waals surface area contributed by atoms with E-state index in [9.17, 15) is 18.0 Å². The molecule has 1 N–H and O–H groups in total. The van der Waals surface area contributed by atoms with Crippen molar-refractivity contribution in [1.29, 1.82) is 0 Å². The van der Waals surface area contributed by atoms with Crippen LogP contribution in [0.4, 0.5) is 18.9 Å². The average Bonchev–Trinajstić information content (AvgIpc) is 2.38. The number of rotatable bonds is 2. The maximum atomic E-state index is 12.6. The molecule has 3 nitrogen and oxygen atoms in total. The van der Waals surface area contributed by atoms with E-state index < -0.39 is 11.7 Å². The number of nitrogens with one attached hydrogen (secondary N) is 1. The predicted octanol–water partition coefficient (Wildman–Crippen LogP) is 3.73. The molecule has 1 amide bonds. The van der Waals surface area contributed by atoms with Crippen LogP contribution >= 0.6 is 0 Å². The Kier molecular flexibility index (Phi) is 3.74. The zero-order chi connectivity index (χ0) is 14.8. The highest BCUT2D eigenvalue weighted by Crippen LogP contribution is 2.31. The maximum Gasteiger partial charge on any atom is 0.417 e. The minimum absolute atomic E-state index is 0.210. The van der Waals surface area contributed by atoms with Gasteiger partial charge in [-0.05, 0) is 23.8 Å². The zero-order valence-corrected chi connectivity index (χ0v) is 10.5. The molecule has 0 saturated carbocycles. The Bertz CT molecular complexity index is 621. The van der Waals surface area contributed by atoms with Gasteiger partial charge < -0.3 is 5.32 Å². The fourth-order valence-corrected chi connectivity index (χ4v) is 1.70. The van der Waals surface area contributed by atoms with Gasteiger partial charge in [0, 0.05) is 30.6 Å². The summed E-state index contributed by atoms with van der Waals surface area (Å²) in [6, 6.07) is 7.54. The lowest BCUT2D eigenvalue weighted by atomic mass is 10.1. The Morgan fingerprint density at radius 3 is 2.30 bits per heavy atom. The van der Waals surface area contributed by atoms with Crippen LogP contribution in [-0.2, 0) is 11.0 Å². The predicted molar refractivity (Wildman–Crippen MR) is 69.0 cm³/mol. The van der Waals surface area contributed by atoms with Gasteiger partial charge in [-0.25, -0.2) is 0 Å². The van der Waals surface area contributed by atoms with Crippen LogP contribution in [-0.4, -0.2) is 10.9 Å². The van der Waals surface area contributed by atoms with Crippen LogP contribution < -0.4 is 5.32 Å². The van der Waals surface area contributed by atoms with E-state index in [1.54, 1.807) is 24.3 Å². The van der Waals surface area contributed by atoms with E-state index in [4.69, 9.17) is 0 Å². The van der Waals surface area contributed by atoms with Crippen molar-refractivity contribution >= 4 is 11.6 Å². The molecule has 0 unspecified atom stereocenters. The Balaban J connectivity index is 2.30. The van der Waals surface area contributed by atoms with Crippen molar-refractivity contribution in [2.24, 2.45) is 0 Å². The lowest BCUT2D eigenvalue weighted by Gasteiger charge is -2.09. The number of halogens is 3. The van der Waals surface area contributed by atoms with Gasteiger partial charge in [-0.2, -0.15) is 13.2 Å². The third-order valence-corrected chi connectivity index (χ3v) is 2.60. The molecule has 0 radical (unpaired) electrons. The first-order valence-electron chi connectivity index (χ1n) is 5.76. The molecule has 0 fully saturated rings. The molecular weight excluding hydrogens is 269 g/mol. The van der Waals surface area contributed by atoms with Gasteiger partial charge in [0.2, 0.25) is 5.91 Å². The van der Waals surface area contributed by atoms with Crippen molar-refractivity contribution < 1.29 is 18.0 Å². The van der Waals surface area contributed by atoms with Crippen LogP contribution in [0, 0.1) is 0 Å². The standard InChI is InChI=1S/C14H11F3N2O/c1-9(20)19-13-4-2-10(3-5-13)11-6-12(8-18-7-11)14(15,16)17/h2-8H,1H3,(H,19,20). The maximum absolute atomic E-state index is 12.6. The summed E-state index contributed by atoms with van der Waals surface area (Å²) in [5.41, 5.74) is 0.758. The van der Waals surface area contributed by atoms with E-state index >= 15 is 0 Å². The summed E-state index contributed by atoms with van der Waals surface area (Å²) in [6.07, 6.45) is -2.27. The number of alkyl halides is 3. The van der Waals surface area contributed by atoms with Gasteiger partial charge >= 0.3 is 6.18 Å². The van der Waals surface area contributed by atoms with Crippen molar-refractivity contribution in [2.75, 3.05) is 5.32 Å². The fraction of sp³-hybridized carbons (Fsp3) is 0.143. The molecule has 1 aromatic heterocycles. The van der Waals surface area contributed by atoms with Crippen LogP contribution in [0.3, 0.4) is 0 Å². The molecule has 0 saturated heterocycles. The monoisotopic (exact) mass is 280 g/mol. The average molecular weight is 280 g/mol. The second-order valence-corrected chi connectivity index (χ2v) is 4.22. The summed E-state index contributed by atoms with van der Waals surface area (Å²) in [6.45, 7) is 1.38. The number of nitrogens with zero attached hydrogens (tertiary/aromatic N) is 1. The number of pyridine rings is 1. The Morgan fingerprint density at radius 1 is 1.10 bits per heavy atom. The topological polar surface area (TPSA) is 42.0 Å². The molecule has 0 spiro atoms. The minimum Gasteiger partial charge on any atom is -0.326 e. The van der Waals surface area contributed by atoms with Crippen LogP contribution in [0.5, 0.6) is 0 Å². The number of benzene rings is 1. The minimum atomic E-state index is -4.42. The molecule has 20 heavy (non-hydrogen) atoms. The summed E-state index contributed by atoms with van der Waals surface area (Å²) in [5, 5.41) is 2.58. The van der Waals surface area contributed by atoms with Crippen LogP contribution in [0.2, 0.25) is 0 Å². The van der Waals surface area contributed by atoms with Crippen molar-refractivity contribution in [3.8, 4) is 11.1 Å². The molecule has 0 aliphatic carbocycles. The second-order valence-electron chi connectivity index (χ2n) is 4.22. The normalized spacial score (nSPS) is 11.2. The Labute approximate surface area is 113 Å². The Morgan fingerprint density at radius 2 is 1.75 bits per heavy atom. The molecule has 0 aliphatic rings. The van der Waals surface area contributed by atoms with Gasteiger partial charge in [0.05, 0.1) is 5.56 Å². The van der Waals surface area contributed by atoms with E-state index in [-0.39, 0.29) is 5.91 Å². The summed E-state index contributed by atoms with van der Waals surface area (Å²) >= 11 is 0. The molecule has 0 bridgehead atoms. The molecular formula is C14H11F3N2O. The highest BCUT2D eigenvalue weighted by Gasteiger charge is 2.31. The van der Waals surface area contributed by atoms with Crippen molar-refractivity contribution in [1.82, 2.24) is 4.98 Å². The third kappa shape index (κ3) is 3.34. The van der Waals surface area contributed by atoms with Gasteiger partial charge in [-0.1, -0.05) is 12.1 Å². The van der Waals surface area contributed by atoms with Crippen LogP contribution in [0.25, 0.3) is 11.1 Å². The quantitative estimate of drug-likeness (QED) is 0.910. The van der Waals surface area contributed by atoms with Crippen molar-refractivity contribution in [3.05, 3.63) is 48.3 Å². The second kappa shape index (κ2) is 5.32. The molecule has 0 atom stereocenters. The van der Waals surface area contributed by atoms with E-state index in [2.05, 4.69) is 10.3 Å². The van der Waals surface area contributed by atoms with E-state index in [0.717, 1.165) is 12.3 Å². The number of carbonyl (C=O) groups is 1. The van der Waals surface area contributed by atoms with Gasteiger partial charge in [0.25, 0.3) is 0 Å². The summed E-state index contributed by atoms with van der Waals surface area (Å²) < 4.78 is 37.8. The van der Waals surface area contributed by atoms with E-state index in [0.29, 0.717) is 16.8 Å². The Hall–Kier alpha value is -2.37. The highest BCUT2D eigenvalue weighted by molar-refractivity contribution is 5.88. The summed E-state index contributed by atoms with van der Waals surface area (Å²) in [5.74, 6) is -0.210. The first-order valence-corrected chi connectivity index (χ1v) is 5.76. The SMILES string of the molecule is CC(=O)Nc1ccc(-c2cncc(C(F)(F)F)c2)cc1. The zero-order valence-electron chi connectivity index (χ0n) is 10.5. The lowest BCUT2D eigenvalue weighted by Crippen LogP contribution is -2.06. The van der Waals surface area contributed by atoms with Gasteiger partial charge in [0.1, 0.15) is 0 Å². The third-order valence-electron chi connectivity index (χ3n) is 2.60. The van der Waals surface area contributed by atoms with Gasteiger partial charge in [-0.15, -0.1) is 0 Å². The van der Waals surface area contributed by atoms with Crippen molar-refractivity contribution in [2.45, 2.75) is 13.1 Å². The molecule has 0 aliphatic heterocycles. The molecule has 6 heteroatoms. The molecule has 2 aromatic rings. The number of carbonyl (C=O) groups excluding carboxylic acids is 1. The number of aromatic nitrogens is 1. The van der Waals surface area contributed by atoms with Crippen LogP contribution in [0.15, 0.2) is 42.7 Å². The molecule has 104 valence electrons. The molecule has 1 heterocycles. The van der Waals surface area contributed by atoms with Crippen LogP contribution in [0.1, 0.15) is 12.5 Å². The number of hydrogen-bond acceptors (Lipinski definition) is 2. The fourth-order valence-electron chi connectivity index (χ4n) is 1.70. The smallest absolute Gasteiger partial charge is 0.326 e. The summed E-state index contributed by atoms with van der Waals surface area (Å²) in [7, 11) is 0. The lowest BCUT2D eigenvalue weighted by molar-refractivity contribution is -0.137. The number of hydrogen-bond donors (Lipinski definition) is 1. The summed E-state index contributed by atoms with van der Waals surface area (Å²) in [4.78, 5) is 14.5. The van der Waals surface area contributed by atoms with Gasteiger partial charge in [0.15, 0.2) is 0 Å². The molecule has 1 aromatic carbocycles. The van der Waals surface area contributed by atoms with E-state index in [1.165, 1.54) is 13.1 Å². The largest absolute Gasteiger partial charge is 0.417 e. The van der Waals surface area contributed by atoms with Gasteiger partial charge in [-0.3, -0.25) is 9.78 Å². The number of anilines is 1. The van der Waals surface area contributed by atoms with Crippen molar-refractivity contribution in [3.63, 3.8) is 0 Å². The molecule has 2 rings (SSSR count). The highest BCUT2D eigenvalue weighted by atomic mass is 19.4. The first kappa shape index (κ1) is 14.0. The first-order chi connectivity index (χ1) is 9.36.